The molecule has 2 nitrogen and oxygen atoms in total. The van der Waals surface area contributed by atoms with Crippen LogP contribution in [-0.4, -0.2) is 12.6 Å². The van der Waals surface area contributed by atoms with Gasteiger partial charge in [0.25, 0.3) is 0 Å². The Bertz CT molecular complexity index is 3110. The zero-order chi connectivity index (χ0) is 37.8. The van der Waals surface area contributed by atoms with Crippen molar-refractivity contribution in [2.75, 3.05) is 0 Å². The largest absolute Gasteiger partial charge is 0.456 e. The lowest BCUT2D eigenvalue weighted by molar-refractivity contribution is 0.669. The first-order chi connectivity index (χ1) is 28.3. The van der Waals surface area contributed by atoms with Crippen molar-refractivity contribution < 1.29 is 4.42 Å². The van der Waals surface area contributed by atoms with Crippen LogP contribution in [0.25, 0.3) is 71.7 Å². The molecular weight excluding hydrogens is 707 g/mol. The zero-order valence-electron chi connectivity index (χ0n) is 31.2. The highest BCUT2D eigenvalue weighted by atomic mass is 28.3. The van der Waals surface area contributed by atoms with Crippen LogP contribution in [0.1, 0.15) is 0 Å². The average molecular weight is 744 g/mol. The van der Waals surface area contributed by atoms with Gasteiger partial charge in [0.1, 0.15) is 11.2 Å². The van der Waals surface area contributed by atoms with Crippen LogP contribution in [0.2, 0.25) is 0 Å². The summed E-state index contributed by atoms with van der Waals surface area (Å²) < 4.78 is 8.79. The second-order valence-electron chi connectivity index (χ2n) is 14.9. The minimum atomic E-state index is -2.60. The van der Waals surface area contributed by atoms with Gasteiger partial charge in [0.15, 0.2) is 8.07 Å². The minimum Gasteiger partial charge on any atom is -0.456 e. The zero-order valence-corrected chi connectivity index (χ0v) is 32.2. The number of furan rings is 1. The fourth-order valence-electron chi connectivity index (χ4n) is 9.12. The van der Waals surface area contributed by atoms with E-state index in [-0.39, 0.29) is 0 Å². The SMILES string of the molecule is c1ccc(-n2c3ccccc3c3cc(-c4ccc5oc6ccc(-c7ccc([Si](c8ccccc8)(c8ccccc8)c8ccccc8)cc7)cc6c5c4)ccc32)cc1. The van der Waals surface area contributed by atoms with Crippen LogP contribution < -0.4 is 20.7 Å². The van der Waals surface area contributed by atoms with Gasteiger partial charge in [-0.2, -0.15) is 0 Å². The predicted molar refractivity (Wildman–Crippen MR) is 243 cm³/mol. The molecule has 0 fully saturated rings. The van der Waals surface area contributed by atoms with Gasteiger partial charge < -0.3 is 8.98 Å². The maximum atomic E-state index is 6.43. The molecule has 11 aromatic rings. The quantitative estimate of drug-likeness (QED) is 0.117. The maximum absolute atomic E-state index is 6.43. The molecule has 0 saturated carbocycles. The summed E-state index contributed by atoms with van der Waals surface area (Å²) in [6.07, 6.45) is 0. The van der Waals surface area contributed by atoms with Crippen molar-refractivity contribution in [1.29, 1.82) is 0 Å². The van der Waals surface area contributed by atoms with Gasteiger partial charge in [-0.05, 0) is 97.6 Å². The third-order valence-electron chi connectivity index (χ3n) is 11.8. The number of hydrogen-bond acceptors (Lipinski definition) is 1. The minimum absolute atomic E-state index is 0.896. The summed E-state index contributed by atoms with van der Waals surface area (Å²) in [5.41, 5.74) is 10.1. The molecular formula is C54H37NOSi. The molecule has 0 aliphatic heterocycles. The van der Waals surface area contributed by atoms with Gasteiger partial charge in [0, 0.05) is 27.2 Å². The van der Waals surface area contributed by atoms with E-state index in [2.05, 4.69) is 229 Å². The van der Waals surface area contributed by atoms with Crippen LogP contribution in [-0.2, 0) is 0 Å². The van der Waals surface area contributed by atoms with Gasteiger partial charge >= 0.3 is 0 Å². The van der Waals surface area contributed by atoms with Gasteiger partial charge in [-0.3, -0.25) is 0 Å². The lowest BCUT2D eigenvalue weighted by Gasteiger charge is -2.34. The van der Waals surface area contributed by atoms with Gasteiger partial charge in [-0.25, -0.2) is 0 Å². The standard InChI is InChI=1S/C54H37NOSi/c1-5-15-42(16-6-1)55-51-24-14-13-23-47(51)48-35-40(27-32-52(48)55)41-29-34-54-50(37-41)49-36-39(28-33-53(49)56-54)38-25-30-46(31-26-38)57(43-17-7-2-8-18-43,44-19-9-3-10-20-44)45-21-11-4-12-22-45/h1-37H. The van der Waals surface area contributed by atoms with E-state index >= 15 is 0 Å². The third kappa shape index (κ3) is 5.39. The topological polar surface area (TPSA) is 18.1 Å². The van der Waals surface area contributed by atoms with Gasteiger partial charge in [-0.1, -0.05) is 170 Å². The third-order valence-corrected chi connectivity index (χ3v) is 16.6. The van der Waals surface area contributed by atoms with Crippen LogP contribution in [0.15, 0.2) is 229 Å². The Kier molecular flexibility index (Phi) is 7.87. The Balaban J connectivity index is 1.01. The number of fused-ring (bicyclic) bond motifs is 6. The van der Waals surface area contributed by atoms with Crippen LogP contribution >= 0.6 is 0 Å². The monoisotopic (exact) mass is 743 g/mol. The molecule has 2 aromatic heterocycles. The van der Waals surface area contributed by atoms with E-state index in [1.54, 1.807) is 0 Å². The first kappa shape index (κ1) is 33.2. The summed E-state index contributed by atoms with van der Waals surface area (Å²) >= 11 is 0. The summed E-state index contributed by atoms with van der Waals surface area (Å²) in [5.74, 6) is 0. The lowest BCUT2D eigenvalue weighted by Crippen LogP contribution is -2.74. The summed E-state index contributed by atoms with van der Waals surface area (Å²) in [4.78, 5) is 0. The molecule has 2 heterocycles. The van der Waals surface area contributed by atoms with Gasteiger partial charge in [0.05, 0.1) is 11.0 Å². The Morgan fingerprint density at radius 2 is 0.702 bits per heavy atom. The van der Waals surface area contributed by atoms with Crippen LogP contribution in [0.4, 0.5) is 0 Å². The maximum Gasteiger partial charge on any atom is 0.179 e. The molecule has 0 amide bonds. The van der Waals surface area contributed by atoms with E-state index in [0.717, 1.165) is 27.6 Å². The molecule has 11 rings (SSSR count). The van der Waals surface area contributed by atoms with Crippen molar-refractivity contribution in [2.24, 2.45) is 0 Å². The molecule has 0 N–H and O–H groups in total. The van der Waals surface area contributed by atoms with E-state index in [0.29, 0.717) is 0 Å². The fourth-order valence-corrected chi connectivity index (χ4v) is 13.9. The first-order valence-electron chi connectivity index (χ1n) is 19.6. The highest BCUT2D eigenvalue weighted by Gasteiger charge is 2.41. The molecule has 0 atom stereocenters. The Morgan fingerprint density at radius 1 is 0.298 bits per heavy atom. The molecule has 0 unspecified atom stereocenters. The molecule has 0 bridgehead atoms. The van der Waals surface area contributed by atoms with Gasteiger partial charge in [-0.15, -0.1) is 0 Å². The van der Waals surface area contributed by atoms with Gasteiger partial charge in [0.2, 0.25) is 0 Å². The van der Waals surface area contributed by atoms with E-state index < -0.39 is 8.07 Å². The molecule has 0 saturated heterocycles. The summed E-state index contributed by atoms with van der Waals surface area (Å²) in [5, 5.41) is 10.2. The van der Waals surface area contributed by atoms with Crippen molar-refractivity contribution in [3.05, 3.63) is 224 Å². The number of hydrogen-bond donors (Lipinski definition) is 0. The molecule has 0 spiro atoms. The molecule has 3 heteroatoms. The van der Waals surface area contributed by atoms with Crippen LogP contribution in [0.3, 0.4) is 0 Å². The molecule has 0 radical (unpaired) electrons. The average Bonchev–Trinajstić information content (AvgIpc) is 3.83. The van der Waals surface area contributed by atoms with Crippen molar-refractivity contribution in [1.82, 2.24) is 4.57 Å². The number of para-hydroxylation sites is 2. The van der Waals surface area contributed by atoms with Crippen molar-refractivity contribution >= 4 is 72.6 Å². The summed E-state index contributed by atoms with van der Waals surface area (Å²) in [6, 6.07) is 82.0. The Labute approximate surface area is 332 Å². The first-order valence-corrected chi connectivity index (χ1v) is 21.6. The summed E-state index contributed by atoms with van der Waals surface area (Å²) in [6.45, 7) is 0. The fraction of sp³-hybridized carbons (Fsp3) is 0. The normalized spacial score (nSPS) is 11.9. The second-order valence-corrected chi connectivity index (χ2v) is 18.7. The smallest absolute Gasteiger partial charge is 0.179 e. The summed E-state index contributed by atoms with van der Waals surface area (Å²) in [7, 11) is -2.60. The van der Waals surface area contributed by atoms with E-state index in [4.69, 9.17) is 4.42 Å². The van der Waals surface area contributed by atoms with Crippen LogP contribution in [0, 0.1) is 0 Å². The Morgan fingerprint density at radius 3 is 1.26 bits per heavy atom. The number of benzene rings is 9. The number of nitrogens with zero attached hydrogens (tertiary/aromatic N) is 1. The van der Waals surface area contributed by atoms with Crippen molar-refractivity contribution in [3.8, 4) is 27.9 Å². The molecule has 0 aliphatic rings. The number of rotatable bonds is 7. The predicted octanol–water partition coefficient (Wildman–Crippen LogP) is 11.4. The Hall–Kier alpha value is -7.20. The lowest BCUT2D eigenvalue weighted by atomic mass is 9.99. The molecule has 268 valence electrons. The van der Waals surface area contributed by atoms with Crippen molar-refractivity contribution in [3.63, 3.8) is 0 Å². The van der Waals surface area contributed by atoms with E-state index in [9.17, 15) is 0 Å². The molecule has 57 heavy (non-hydrogen) atoms. The molecule has 0 aliphatic carbocycles. The van der Waals surface area contributed by atoms with E-state index in [1.807, 2.05) is 0 Å². The second kappa shape index (κ2) is 13.5. The highest BCUT2D eigenvalue weighted by molar-refractivity contribution is 7.19. The van der Waals surface area contributed by atoms with Crippen LogP contribution in [0.5, 0.6) is 0 Å². The number of aromatic nitrogens is 1. The van der Waals surface area contributed by atoms with E-state index in [1.165, 1.54) is 64.8 Å². The van der Waals surface area contributed by atoms with Crippen molar-refractivity contribution in [2.45, 2.75) is 0 Å². The highest BCUT2D eigenvalue weighted by Crippen LogP contribution is 2.38. The molecule has 9 aromatic carbocycles.